The molecule has 4 aromatic rings. The minimum absolute atomic E-state index is 0.183. The van der Waals surface area contributed by atoms with Crippen LogP contribution in [0.2, 0.25) is 0 Å². The molecule has 0 radical (unpaired) electrons. The lowest BCUT2D eigenvalue weighted by Gasteiger charge is -2.45. The summed E-state index contributed by atoms with van der Waals surface area (Å²) in [7, 11) is 0. The van der Waals surface area contributed by atoms with E-state index < -0.39 is 0 Å². The third-order valence-corrected chi connectivity index (χ3v) is 7.73. The van der Waals surface area contributed by atoms with E-state index in [9.17, 15) is 0 Å². The fraction of sp³-hybridized carbons (Fsp3) is 0.273. The van der Waals surface area contributed by atoms with E-state index in [2.05, 4.69) is 55.5 Å². The molecular formula is C33H34O4S. The van der Waals surface area contributed by atoms with Crippen molar-refractivity contribution < 1.29 is 18.9 Å². The minimum atomic E-state index is -0.346. The van der Waals surface area contributed by atoms with E-state index in [-0.39, 0.29) is 29.9 Å². The molecule has 0 spiro atoms. The predicted molar refractivity (Wildman–Crippen MR) is 152 cm³/mol. The van der Waals surface area contributed by atoms with Crippen molar-refractivity contribution in [1.29, 1.82) is 0 Å². The summed E-state index contributed by atoms with van der Waals surface area (Å²) in [6.45, 7) is 3.48. The van der Waals surface area contributed by atoms with Gasteiger partial charge in [-0.2, -0.15) is 0 Å². The van der Waals surface area contributed by atoms with Crippen molar-refractivity contribution in [3.8, 4) is 0 Å². The molecule has 0 bridgehead atoms. The molecule has 1 saturated heterocycles. The summed E-state index contributed by atoms with van der Waals surface area (Å²) in [4.78, 5) is 1.13. The molecule has 0 amide bonds. The second-order valence-corrected chi connectivity index (χ2v) is 10.6. The van der Waals surface area contributed by atoms with Crippen LogP contribution in [-0.4, -0.2) is 29.9 Å². The van der Waals surface area contributed by atoms with Crippen molar-refractivity contribution in [2.75, 3.05) is 0 Å². The van der Waals surface area contributed by atoms with Crippen LogP contribution in [0.1, 0.15) is 23.6 Å². The van der Waals surface area contributed by atoms with Crippen LogP contribution in [0.3, 0.4) is 0 Å². The molecule has 1 heterocycles. The molecule has 5 atom stereocenters. The summed E-state index contributed by atoms with van der Waals surface area (Å²) in [5.41, 5.74) is 3.08. The van der Waals surface area contributed by atoms with Crippen molar-refractivity contribution >= 4 is 11.8 Å². The van der Waals surface area contributed by atoms with Gasteiger partial charge in [0.05, 0.1) is 25.9 Å². The van der Waals surface area contributed by atoms with Gasteiger partial charge in [-0.3, -0.25) is 0 Å². The monoisotopic (exact) mass is 526 g/mol. The molecule has 0 N–H and O–H groups in total. The van der Waals surface area contributed by atoms with E-state index in [1.165, 1.54) is 0 Å². The fourth-order valence-electron chi connectivity index (χ4n) is 4.60. The van der Waals surface area contributed by atoms with Crippen LogP contribution in [0.5, 0.6) is 0 Å². The zero-order chi connectivity index (χ0) is 26.0. The lowest BCUT2D eigenvalue weighted by molar-refractivity contribution is -0.242. The van der Waals surface area contributed by atoms with Gasteiger partial charge in [0.15, 0.2) is 0 Å². The summed E-state index contributed by atoms with van der Waals surface area (Å²) in [5.74, 6) is 0. The van der Waals surface area contributed by atoms with Crippen molar-refractivity contribution in [3.63, 3.8) is 0 Å². The molecule has 5 heteroatoms. The van der Waals surface area contributed by atoms with E-state index in [0.29, 0.717) is 19.8 Å². The van der Waals surface area contributed by atoms with Gasteiger partial charge in [-0.25, -0.2) is 0 Å². The molecule has 1 aliphatic heterocycles. The first-order chi connectivity index (χ1) is 18.8. The largest absolute Gasteiger partial charge is 0.368 e. The smallest absolute Gasteiger partial charge is 0.136 e. The fourth-order valence-corrected chi connectivity index (χ4v) is 5.78. The molecule has 1 fully saturated rings. The second-order valence-electron chi connectivity index (χ2n) is 9.42. The average Bonchev–Trinajstić information content (AvgIpc) is 2.97. The number of thioether (sulfide) groups is 1. The highest BCUT2D eigenvalue weighted by Gasteiger charge is 2.47. The predicted octanol–water partition coefficient (Wildman–Crippen LogP) is 7.28. The Labute approximate surface area is 229 Å². The highest BCUT2D eigenvalue weighted by Crippen LogP contribution is 2.38. The van der Waals surface area contributed by atoms with Gasteiger partial charge in [-0.1, -0.05) is 121 Å². The lowest BCUT2D eigenvalue weighted by atomic mass is 9.99. The first-order valence-electron chi connectivity index (χ1n) is 13.1. The van der Waals surface area contributed by atoms with Crippen molar-refractivity contribution in [2.24, 2.45) is 0 Å². The SMILES string of the molecule is C[C@H]1O[C@@H](Sc2ccccc2)[C@H](OCc2ccccc2)[C@@H](OCc2ccccc2)[C@H]1OCc1ccccc1. The first-order valence-corrected chi connectivity index (χ1v) is 14.0. The van der Waals surface area contributed by atoms with Crippen molar-refractivity contribution in [2.45, 2.75) is 61.5 Å². The molecule has 0 aliphatic carbocycles. The minimum Gasteiger partial charge on any atom is -0.368 e. The highest BCUT2D eigenvalue weighted by molar-refractivity contribution is 7.99. The molecular weight excluding hydrogens is 492 g/mol. The van der Waals surface area contributed by atoms with E-state index in [1.807, 2.05) is 72.8 Å². The summed E-state index contributed by atoms with van der Waals surface area (Å²) in [6, 6.07) is 41.0. The first kappa shape index (κ1) is 26.7. The second kappa shape index (κ2) is 13.7. The highest BCUT2D eigenvalue weighted by atomic mass is 32.2. The maximum Gasteiger partial charge on any atom is 0.136 e. The Bertz CT molecular complexity index is 1210. The Hall–Kier alpha value is -2.93. The van der Waals surface area contributed by atoms with Gasteiger partial charge in [-0.15, -0.1) is 0 Å². The normalized spacial score (nSPS) is 23.2. The van der Waals surface area contributed by atoms with Gasteiger partial charge < -0.3 is 18.9 Å². The third kappa shape index (κ3) is 7.34. The molecule has 4 aromatic carbocycles. The van der Waals surface area contributed by atoms with Crippen LogP contribution in [-0.2, 0) is 38.8 Å². The number of hydrogen-bond donors (Lipinski definition) is 0. The summed E-state index contributed by atoms with van der Waals surface area (Å²) >= 11 is 1.67. The molecule has 0 unspecified atom stereocenters. The third-order valence-electron chi connectivity index (χ3n) is 6.58. The number of hydrogen-bond acceptors (Lipinski definition) is 5. The van der Waals surface area contributed by atoms with Gasteiger partial charge in [0.25, 0.3) is 0 Å². The van der Waals surface area contributed by atoms with Crippen LogP contribution in [0.15, 0.2) is 126 Å². The zero-order valence-electron chi connectivity index (χ0n) is 21.6. The summed E-state index contributed by atoms with van der Waals surface area (Å²) < 4.78 is 26.4. The van der Waals surface area contributed by atoms with Gasteiger partial charge in [0.2, 0.25) is 0 Å². The van der Waals surface area contributed by atoms with Gasteiger partial charge in [0, 0.05) is 4.90 Å². The molecule has 196 valence electrons. The Morgan fingerprint density at radius 1 is 0.526 bits per heavy atom. The topological polar surface area (TPSA) is 36.9 Å². The van der Waals surface area contributed by atoms with E-state index >= 15 is 0 Å². The van der Waals surface area contributed by atoms with Crippen molar-refractivity contribution in [1.82, 2.24) is 0 Å². The molecule has 0 saturated carbocycles. The molecule has 4 nitrogen and oxygen atoms in total. The zero-order valence-corrected chi connectivity index (χ0v) is 22.4. The lowest BCUT2D eigenvalue weighted by Crippen LogP contribution is -2.58. The van der Waals surface area contributed by atoms with Gasteiger partial charge in [0.1, 0.15) is 23.7 Å². The van der Waals surface area contributed by atoms with Crippen LogP contribution < -0.4 is 0 Å². The van der Waals surface area contributed by atoms with E-state index in [0.717, 1.165) is 21.6 Å². The van der Waals surface area contributed by atoms with Crippen LogP contribution >= 0.6 is 11.8 Å². The van der Waals surface area contributed by atoms with Gasteiger partial charge >= 0.3 is 0 Å². The summed E-state index contributed by atoms with van der Waals surface area (Å²) in [5, 5.41) is 0. The quantitative estimate of drug-likeness (QED) is 0.205. The number of rotatable bonds is 11. The van der Waals surface area contributed by atoms with Crippen LogP contribution in [0.4, 0.5) is 0 Å². The van der Waals surface area contributed by atoms with Crippen molar-refractivity contribution in [3.05, 3.63) is 138 Å². The van der Waals surface area contributed by atoms with Crippen LogP contribution in [0.25, 0.3) is 0 Å². The number of benzene rings is 4. The van der Waals surface area contributed by atoms with E-state index in [4.69, 9.17) is 18.9 Å². The Balaban J connectivity index is 1.41. The standard InChI is InChI=1S/C33H34O4S/c1-25-30(34-22-26-14-6-2-7-15-26)31(35-23-27-16-8-3-9-17-27)32(36-24-28-18-10-4-11-19-28)33(37-25)38-29-20-12-5-13-21-29/h2-21,25,30-33H,22-24H2,1H3/t25-,30+,31+,32-,33+/m1/s1. The Kier molecular flexibility index (Phi) is 9.64. The maximum absolute atomic E-state index is 6.67. The Morgan fingerprint density at radius 2 is 0.921 bits per heavy atom. The Morgan fingerprint density at radius 3 is 1.39 bits per heavy atom. The summed E-state index contributed by atoms with van der Waals surface area (Å²) in [6.07, 6.45) is -1.15. The average molecular weight is 527 g/mol. The maximum atomic E-state index is 6.67. The molecule has 38 heavy (non-hydrogen) atoms. The van der Waals surface area contributed by atoms with E-state index in [1.54, 1.807) is 11.8 Å². The van der Waals surface area contributed by atoms with Crippen LogP contribution in [0, 0.1) is 0 Å². The number of ether oxygens (including phenoxy) is 4. The molecule has 0 aromatic heterocycles. The van der Waals surface area contributed by atoms with Gasteiger partial charge in [-0.05, 0) is 35.7 Å². The molecule has 5 rings (SSSR count). The molecule has 1 aliphatic rings.